The van der Waals surface area contributed by atoms with Crippen molar-refractivity contribution in [3.05, 3.63) is 83.4 Å². The topological polar surface area (TPSA) is 84.5 Å². The zero-order valence-electron chi connectivity index (χ0n) is 16.4. The van der Waals surface area contributed by atoms with E-state index < -0.39 is 10.0 Å². The number of halogens is 1. The fourth-order valence-corrected chi connectivity index (χ4v) is 3.93. The SMILES string of the molecule is CC(C)Oc1ccccc1C(=O)Nc1ccc(S(=O)(=O)Nc2cccc(Cl)c2)cc1. The lowest BCUT2D eigenvalue weighted by Crippen LogP contribution is -2.16. The molecule has 0 aliphatic carbocycles. The van der Waals surface area contributed by atoms with E-state index in [1.165, 1.54) is 30.3 Å². The van der Waals surface area contributed by atoms with E-state index in [1.54, 1.807) is 42.5 Å². The van der Waals surface area contributed by atoms with Gasteiger partial charge in [-0.3, -0.25) is 9.52 Å². The van der Waals surface area contributed by atoms with E-state index in [4.69, 9.17) is 16.3 Å². The minimum absolute atomic E-state index is 0.0593. The third-order valence-corrected chi connectivity index (χ3v) is 5.63. The van der Waals surface area contributed by atoms with E-state index in [1.807, 2.05) is 13.8 Å². The van der Waals surface area contributed by atoms with Gasteiger partial charge in [-0.15, -0.1) is 0 Å². The van der Waals surface area contributed by atoms with Crippen molar-refractivity contribution in [3.63, 3.8) is 0 Å². The standard InChI is InChI=1S/C22H21ClN2O4S/c1-15(2)29-21-9-4-3-8-20(21)22(26)24-17-10-12-19(13-11-17)30(27,28)25-18-7-5-6-16(23)14-18/h3-15,25H,1-2H3,(H,24,26). The third kappa shape index (κ3) is 5.52. The number of benzene rings is 3. The van der Waals surface area contributed by atoms with Crippen molar-refractivity contribution in [2.45, 2.75) is 24.8 Å². The molecule has 0 saturated carbocycles. The van der Waals surface area contributed by atoms with E-state index >= 15 is 0 Å². The first-order valence-corrected chi connectivity index (χ1v) is 11.1. The molecule has 8 heteroatoms. The van der Waals surface area contributed by atoms with Gasteiger partial charge in [0.05, 0.1) is 22.3 Å². The average Bonchev–Trinajstić information content (AvgIpc) is 2.68. The molecular formula is C22H21ClN2O4S. The number of hydrogen-bond acceptors (Lipinski definition) is 4. The molecule has 0 spiro atoms. The molecule has 3 aromatic carbocycles. The van der Waals surface area contributed by atoms with Gasteiger partial charge >= 0.3 is 0 Å². The van der Waals surface area contributed by atoms with Crippen LogP contribution in [0.1, 0.15) is 24.2 Å². The fraction of sp³-hybridized carbons (Fsp3) is 0.136. The lowest BCUT2D eigenvalue weighted by Gasteiger charge is -2.14. The molecule has 0 aliphatic heterocycles. The van der Waals surface area contributed by atoms with Crippen molar-refractivity contribution < 1.29 is 17.9 Å². The highest BCUT2D eigenvalue weighted by Crippen LogP contribution is 2.23. The molecule has 0 aliphatic rings. The molecule has 3 aromatic rings. The molecule has 0 aromatic heterocycles. The summed E-state index contributed by atoms with van der Waals surface area (Å²) in [4.78, 5) is 12.7. The number of sulfonamides is 1. The summed E-state index contributed by atoms with van der Waals surface area (Å²) in [6, 6.07) is 19.2. The Morgan fingerprint density at radius 1 is 0.933 bits per heavy atom. The molecule has 3 rings (SSSR count). The second kappa shape index (κ2) is 9.19. The van der Waals surface area contributed by atoms with Crippen molar-refractivity contribution in [2.24, 2.45) is 0 Å². The maximum absolute atomic E-state index is 12.6. The maximum Gasteiger partial charge on any atom is 0.261 e. The molecule has 1 amide bonds. The molecule has 30 heavy (non-hydrogen) atoms. The van der Waals surface area contributed by atoms with Gasteiger partial charge < -0.3 is 10.1 Å². The monoisotopic (exact) mass is 444 g/mol. The van der Waals surface area contributed by atoms with Crippen molar-refractivity contribution in [2.75, 3.05) is 10.0 Å². The van der Waals surface area contributed by atoms with Crippen LogP contribution in [-0.4, -0.2) is 20.4 Å². The second-order valence-electron chi connectivity index (χ2n) is 6.76. The number of amides is 1. The predicted molar refractivity (Wildman–Crippen MR) is 119 cm³/mol. The van der Waals surface area contributed by atoms with Gasteiger partial charge in [-0.1, -0.05) is 29.8 Å². The van der Waals surface area contributed by atoms with Crippen LogP contribution in [0.25, 0.3) is 0 Å². The fourth-order valence-electron chi connectivity index (χ4n) is 2.69. The molecule has 2 N–H and O–H groups in total. The predicted octanol–water partition coefficient (Wildman–Crippen LogP) is 5.18. The highest BCUT2D eigenvalue weighted by Gasteiger charge is 2.16. The number of nitrogens with one attached hydrogen (secondary N) is 2. The van der Waals surface area contributed by atoms with Gasteiger partial charge in [0.15, 0.2) is 0 Å². The van der Waals surface area contributed by atoms with E-state index in [0.717, 1.165) is 0 Å². The van der Waals surface area contributed by atoms with E-state index in [0.29, 0.717) is 27.7 Å². The summed E-state index contributed by atoms with van der Waals surface area (Å²) in [5.41, 5.74) is 1.22. The van der Waals surface area contributed by atoms with Gasteiger partial charge in [0.1, 0.15) is 5.75 Å². The minimum atomic E-state index is -3.79. The van der Waals surface area contributed by atoms with Gasteiger partial charge in [0, 0.05) is 10.7 Å². The smallest absolute Gasteiger partial charge is 0.261 e. The lowest BCUT2D eigenvalue weighted by molar-refractivity contribution is 0.102. The highest BCUT2D eigenvalue weighted by atomic mass is 35.5. The number of rotatable bonds is 7. The molecule has 0 atom stereocenters. The molecule has 0 heterocycles. The van der Waals surface area contributed by atoms with Crippen LogP contribution in [0, 0.1) is 0 Å². The number of para-hydroxylation sites is 1. The quantitative estimate of drug-likeness (QED) is 0.525. The Labute approximate surface area is 180 Å². The largest absolute Gasteiger partial charge is 0.490 e. The number of anilines is 2. The van der Waals surface area contributed by atoms with Crippen LogP contribution >= 0.6 is 11.6 Å². The highest BCUT2D eigenvalue weighted by molar-refractivity contribution is 7.92. The molecule has 0 bridgehead atoms. The van der Waals surface area contributed by atoms with Crippen LogP contribution in [-0.2, 0) is 10.0 Å². The average molecular weight is 445 g/mol. The molecule has 6 nitrogen and oxygen atoms in total. The summed E-state index contributed by atoms with van der Waals surface area (Å²) in [5, 5.41) is 3.18. The Hall–Kier alpha value is -3.03. The van der Waals surface area contributed by atoms with Crippen LogP contribution in [0.4, 0.5) is 11.4 Å². The van der Waals surface area contributed by atoms with Gasteiger partial charge in [0.25, 0.3) is 15.9 Å². The Balaban J connectivity index is 1.74. The van der Waals surface area contributed by atoms with Crippen molar-refractivity contribution >= 4 is 38.9 Å². The second-order valence-corrected chi connectivity index (χ2v) is 8.88. The Morgan fingerprint density at radius 2 is 1.63 bits per heavy atom. The zero-order chi connectivity index (χ0) is 21.7. The molecule has 0 radical (unpaired) electrons. The molecule has 156 valence electrons. The van der Waals surface area contributed by atoms with Crippen molar-refractivity contribution in [1.29, 1.82) is 0 Å². The number of carbonyl (C=O) groups excluding carboxylic acids is 1. The number of hydrogen-bond donors (Lipinski definition) is 2. The third-order valence-electron chi connectivity index (χ3n) is 3.99. The van der Waals surface area contributed by atoms with Crippen molar-refractivity contribution in [3.8, 4) is 5.75 Å². The van der Waals surface area contributed by atoms with Crippen LogP contribution in [0.5, 0.6) is 5.75 Å². The minimum Gasteiger partial charge on any atom is -0.490 e. The first-order valence-electron chi connectivity index (χ1n) is 9.20. The van der Waals surface area contributed by atoms with Gasteiger partial charge in [-0.25, -0.2) is 8.42 Å². The first kappa shape index (κ1) is 21.7. The van der Waals surface area contributed by atoms with Crippen LogP contribution in [0.3, 0.4) is 0 Å². The Bertz CT molecular complexity index is 1150. The summed E-state index contributed by atoms with van der Waals surface area (Å²) in [6.45, 7) is 3.76. The van der Waals surface area contributed by atoms with Crippen LogP contribution < -0.4 is 14.8 Å². The van der Waals surface area contributed by atoms with Gasteiger partial charge in [-0.05, 0) is 68.4 Å². The van der Waals surface area contributed by atoms with Crippen LogP contribution in [0.15, 0.2) is 77.7 Å². The van der Waals surface area contributed by atoms with E-state index in [9.17, 15) is 13.2 Å². The van der Waals surface area contributed by atoms with E-state index in [2.05, 4.69) is 10.0 Å². The van der Waals surface area contributed by atoms with Gasteiger partial charge in [-0.2, -0.15) is 0 Å². The summed E-state index contributed by atoms with van der Waals surface area (Å²) < 4.78 is 33.3. The molecule has 0 unspecified atom stereocenters. The van der Waals surface area contributed by atoms with Crippen LogP contribution in [0.2, 0.25) is 5.02 Å². The molecule has 0 saturated heterocycles. The number of ether oxygens (including phenoxy) is 1. The summed E-state index contributed by atoms with van der Waals surface area (Å²) in [6.07, 6.45) is -0.0737. The lowest BCUT2D eigenvalue weighted by atomic mass is 10.1. The molecular weight excluding hydrogens is 424 g/mol. The van der Waals surface area contributed by atoms with Gasteiger partial charge in [0.2, 0.25) is 0 Å². The maximum atomic E-state index is 12.6. The van der Waals surface area contributed by atoms with Crippen molar-refractivity contribution in [1.82, 2.24) is 0 Å². The molecule has 0 fully saturated rings. The Kier molecular flexibility index (Phi) is 6.64. The normalized spacial score (nSPS) is 11.2. The summed E-state index contributed by atoms with van der Waals surface area (Å²) >= 11 is 5.89. The number of carbonyl (C=O) groups is 1. The summed E-state index contributed by atoms with van der Waals surface area (Å²) in [5.74, 6) is 0.133. The zero-order valence-corrected chi connectivity index (χ0v) is 18.0. The first-order chi connectivity index (χ1) is 14.2. The van der Waals surface area contributed by atoms with E-state index in [-0.39, 0.29) is 16.9 Å². The summed E-state index contributed by atoms with van der Waals surface area (Å²) in [7, 11) is -3.79. The Morgan fingerprint density at radius 3 is 2.30 bits per heavy atom.